The van der Waals surface area contributed by atoms with Gasteiger partial charge in [0.15, 0.2) is 0 Å². The number of hydrogen-bond acceptors (Lipinski definition) is 1. The Hall–Kier alpha value is -0.180. The average Bonchev–Trinajstić information content (AvgIpc) is 1.99. The lowest BCUT2D eigenvalue weighted by molar-refractivity contribution is -0.148. The largest absolute Gasteiger partial charge is 0.295 e. The molecule has 0 bridgehead atoms. The number of alkyl halides is 2. The normalized spacial score (nSPS) is 28.4. The van der Waals surface area contributed by atoms with E-state index >= 15 is 0 Å². The lowest BCUT2D eigenvalue weighted by atomic mass is 9.73. The summed E-state index contributed by atoms with van der Waals surface area (Å²) in [7, 11) is 0. The van der Waals surface area contributed by atoms with Crippen molar-refractivity contribution in [2.45, 2.75) is 53.0 Å². The molecule has 0 aromatic rings. The lowest BCUT2D eigenvalue weighted by Gasteiger charge is -2.45. The summed E-state index contributed by atoms with van der Waals surface area (Å²) < 4.78 is 27.9. The monoisotopic (exact) mass is 219 g/mol. The van der Waals surface area contributed by atoms with Crippen LogP contribution in [0.4, 0.5) is 8.78 Å². The first-order chi connectivity index (χ1) is 6.64. The summed E-state index contributed by atoms with van der Waals surface area (Å²) in [6.45, 7) is 10.4. The van der Waals surface area contributed by atoms with Crippen molar-refractivity contribution in [2.24, 2.45) is 11.3 Å². The number of rotatable bonds is 1. The summed E-state index contributed by atoms with van der Waals surface area (Å²) in [6.07, 6.45) is 0.606. The minimum atomic E-state index is -2.54. The van der Waals surface area contributed by atoms with E-state index in [2.05, 4.69) is 0 Å². The maximum Gasteiger partial charge on any atom is 0.263 e. The zero-order valence-electron chi connectivity index (χ0n) is 10.5. The van der Waals surface area contributed by atoms with E-state index in [1.54, 1.807) is 0 Å². The molecule has 1 unspecified atom stereocenters. The van der Waals surface area contributed by atoms with Crippen LogP contribution in [0.1, 0.15) is 41.0 Å². The van der Waals surface area contributed by atoms with Crippen molar-refractivity contribution >= 4 is 0 Å². The SMILES string of the molecule is CC(C)N1CCC(C(C)(C)C)C(F)(F)C1. The second-order valence-electron chi connectivity index (χ2n) is 6.03. The molecule has 90 valence electrons. The Kier molecular flexibility index (Phi) is 3.44. The molecular formula is C12H23F2N. The van der Waals surface area contributed by atoms with Crippen molar-refractivity contribution in [1.29, 1.82) is 0 Å². The standard InChI is InChI=1S/C12H23F2N/c1-9(2)15-7-6-10(11(3,4)5)12(13,14)8-15/h9-10H,6-8H2,1-5H3. The fraction of sp³-hybridized carbons (Fsp3) is 1.00. The van der Waals surface area contributed by atoms with Crippen molar-refractivity contribution in [3.05, 3.63) is 0 Å². The van der Waals surface area contributed by atoms with Gasteiger partial charge in [0.2, 0.25) is 0 Å². The summed E-state index contributed by atoms with van der Waals surface area (Å²) in [5, 5.41) is 0. The van der Waals surface area contributed by atoms with Gasteiger partial charge in [0.05, 0.1) is 6.54 Å². The third-order valence-electron chi connectivity index (χ3n) is 3.40. The van der Waals surface area contributed by atoms with Gasteiger partial charge in [0.25, 0.3) is 5.92 Å². The van der Waals surface area contributed by atoms with Gasteiger partial charge in [-0.3, -0.25) is 4.90 Å². The maximum atomic E-state index is 13.9. The van der Waals surface area contributed by atoms with Gasteiger partial charge in [0, 0.05) is 12.0 Å². The molecule has 0 aliphatic carbocycles. The lowest BCUT2D eigenvalue weighted by Crippen LogP contribution is -2.54. The summed E-state index contributed by atoms with van der Waals surface area (Å²) in [5.74, 6) is -3.03. The van der Waals surface area contributed by atoms with E-state index in [0.29, 0.717) is 6.42 Å². The molecule has 0 spiro atoms. The van der Waals surface area contributed by atoms with E-state index in [1.807, 2.05) is 39.5 Å². The smallest absolute Gasteiger partial charge is 0.263 e. The molecule has 0 amide bonds. The molecule has 1 rings (SSSR count). The first-order valence-electron chi connectivity index (χ1n) is 5.76. The quantitative estimate of drug-likeness (QED) is 0.653. The number of nitrogens with zero attached hydrogens (tertiary/aromatic N) is 1. The van der Waals surface area contributed by atoms with E-state index in [-0.39, 0.29) is 18.0 Å². The molecule has 1 saturated heterocycles. The Morgan fingerprint density at radius 1 is 1.27 bits per heavy atom. The van der Waals surface area contributed by atoms with Crippen molar-refractivity contribution in [2.75, 3.05) is 13.1 Å². The molecule has 0 radical (unpaired) electrons. The zero-order valence-corrected chi connectivity index (χ0v) is 10.5. The molecule has 1 heterocycles. The highest BCUT2D eigenvalue weighted by Gasteiger charge is 2.49. The van der Waals surface area contributed by atoms with Crippen LogP contribution in [0.5, 0.6) is 0 Å². The topological polar surface area (TPSA) is 3.24 Å². The molecule has 1 atom stereocenters. The van der Waals surface area contributed by atoms with Gasteiger partial charge in [-0.15, -0.1) is 0 Å². The van der Waals surface area contributed by atoms with Crippen LogP contribution in [0, 0.1) is 11.3 Å². The zero-order chi connectivity index (χ0) is 11.9. The minimum Gasteiger partial charge on any atom is -0.295 e. The maximum absolute atomic E-state index is 13.9. The predicted molar refractivity (Wildman–Crippen MR) is 59.2 cm³/mol. The molecule has 1 fully saturated rings. The fourth-order valence-corrected chi connectivity index (χ4v) is 2.47. The third-order valence-corrected chi connectivity index (χ3v) is 3.40. The summed E-state index contributed by atoms with van der Waals surface area (Å²) in [5.41, 5.74) is -0.299. The van der Waals surface area contributed by atoms with Crippen LogP contribution >= 0.6 is 0 Å². The summed E-state index contributed by atoms with van der Waals surface area (Å²) >= 11 is 0. The van der Waals surface area contributed by atoms with Gasteiger partial charge >= 0.3 is 0 Å². The molecule has 0 aromatic heterocycles. The third kappa shape index (κ3) is 2.90. The summed E-state index contributed by atoms with van der Waals surface area (Å²) in [4.78, 5) is 1.88. The molecule has 3 heteroatoms. The van der Waals surface area contributed by atoms with Gasteiger partial charge < -0.3 is 0 Å². The number of likely N-dealkylation sites (tertiary alicyclic amines) is 1. The first-order valence-corrected chi connectivity index (χ1v) is 5.76. The molecule has 0 N–H and O–H groups in total. The van der Waals surface area contributed by atoms with Crippen LogP contribution in [0.25, 0.3) is 0 Å². The van der Waals surface area contributed by atoms with Gasteiger partial charge in [-0.05, 0) is 32.2 Å². The number of halogens is 2. The summed E-state index contributed by atoms with van der Waals surface area (Å²) in [6, 6.07) is 0.219. The van der Waals surface area contributed by atoms with Crippen LogP contribution < -0.4 is 0 Å². The Balaban J connectivity index is 2.75. The molecular weight excluding hydrogens is 196 g/mol. The Morgan fingerprint density at radius 2 is 1.80 bits per heavy atom. The molecule has 0 aromatic carbocycles. The van der Waals surface area contributed by atoms with E-state index in [9.17, 15) is 8.78 Å². The van der Waals surface area contributed by atoms with Crippen molar-refractivity contribution in [3.63, 3.8) is 0 Å². The number of piperidine rings is 1. The van der Waals surface area contributed by atoms with Crippen LogP contribution in [0.3, 0.4) is 0 Å². The highest BCUT2D eigenvalue weighted by atomic mass is 19.3. The van der Waals surface area contributed by atoms with Crippen molar-refractivity contribution < 1.29 is 8.78 Å². The van der Waals surface area contributed by atoms with Gasteiger partial charge in [-0.2, -0.15) is 0 Å². The molecule has 0 saturated carbocycles. The van der Waals surface area contributed by atoms with Gasteiger partial charge in [-0.25, -0.2) is 8.78 Å². The average molecular weight is 219 g/mol. The minimum absolute atomic E-state index is 0.0768. The fourth-order valence-electron chi connectivity index (χ4n) is 2.47. The molecule has 1 aliphatic heterocycles. The van der Waals surface area contributed by atoms with Crippen LogP contribution in [-0.2, 0) is 0 Å². The van der Waals surface area contributed by atoms with Crippen LogP contribution in [-0.4, -0.2) is 30.0 Å². The second-order valence-corrected chi connectivity index (χ2v) is 6.03. The van der Waals surface area contributed by atoms with E-state index in [0.717, 1.165) is 6.54 Å². The van der Waals surface area contributed by atoms with E-state index in [4.69, 9.17) is 0 Å². The van der Waals surface area contributed by atoms with Gasteiger partial charge in [-0.1, -0.05) is 20.8 Å². The predicted octanol–water partition coefficient (Wildman–Crippen LogP) is 3.40. The molecule has 15 heavy (non-hydrogen) atoms. The number of hydrogen-bond donors (Lipinski definition) is 0. The Morgan fingerprint density at radius 3 is 2.13 bits per heavy atom. The second kappa shape index (κ2) is 4.00. The van der Waals surface area contributed by atoms with Crippen molar-refractivity contribution in [3.8, 4) is 0 Å². The highest BCUT2D eigenvalue weighted by molar-refractivity contribution is 4.93. The first kappa shape index (κ1) is 12.9. The van der Waals surface area contributed by atoms with Crippen molar-refractivity contribution in [1.82, 2.24) is 4.90 Å². The van der Waals surface area contributed by atoms with E-state index < -0.39 is 11.8 Å². The highest BCUT2D eigenvalue weighted by Crippen LogP contribution is 2.44. The van der Waals surface area contributed by atoms with Gasteiger partial charge in [0.1, 0.15) is 0 Å². The van der Waals surface area contributed by atoms with Crippen LogP contribution in [0.2, 0.25) is 0 Å². The molecule has 1 nitrogen and oxygen atoms in total. The van der Waals surface area contributed by atoms with Crippen LogP contribution in [0.15, 0.2) is 0 Å². The molecule has 1 aliphatic rings. The Bertz CT molecular complexity index is 218. The van der Waals surface area contributed by atoms with E-state index in [1.165, 1.54) is 0 Å². The Labute approximate surface area is 91.8 Å².